The highest BCUT2D eigenvalue weighted by Gasteiger charge is 1.88. The zero-order valence-electron chi connectivity index (χ0n) is 6.42. The molecule has 0 spiro atoms. The second-order valence-corrected chi connectivity index (χ2v) is 2.19. The minimum atomic E-state index is 0.600. The quantitative estimate of drug-likeness (QED) is 0.468. The largest absolute Gasteiger partial charge is 0.373 e. The van der Waals surface area contributed by atoms with E-state index in [9.17, 15) is 0 Å². The first-order valence-corrected chi connectivity index (χ1v) is 3.57. The lowest BCUT2D eigenvalue weighted by Gasteiger charge is -1.98. The molecular formula is C10H11O. The molecule has 0 saturated heterocycles. The van der Waals surface area contributed by atoms with E-state index < -0.39 is 0 Å². The summed E-state index contributed by atoms with van der Waals surface area (Å²) in [4.78, 5) is 0. The lowest BCUT2D eigenvalue weighted by Crippen LogP contribution is -1.91. The fourth-order valence-electron chi connectivity index (χ4n) is 0.773. The van der Waals surface area contributed by atoms with Crippen molar-refractivity contribution in [1.29, 1.82) is 0 Å². The summed E-state index contributed by atoms with van der Waals surface area (Å²) in [5, 5.41) is 0. The molecule has 0 aromatic heterocycles. The summed E-state index contributed by atoms with van der Waals surface area (Å²) in [7, 11) is 0. The molecule has 11 heavy (non-hydrogen) atoms. The van der Waals surface area contributed by atoms with Gasteiger partial charge in [0.2, 0.25) is 0 Å². The van der Waals surface area contributed by atoms with Crippen LogP contribution < -0.4 is 0 Å². The van der Waals surface area contributed by atoms with Crippen LogP contribution in [0, 0.1) is 6.07 Å². The molecule has 0 amide bonds. The molecule has 0 aliphatic heterocycles. The first kappa shape index (κ1) is 8.02. The van der Waals surface area contributed by atoms with Gasteiger partial charge in [0.15, 0.2) is 0 Å². The van der Waals surface area contributed by atoms with Crippen LogP contribution in [0.5, 0.6) is 0 Å². The molecule has 0 aliphatic rings. The summed E-state index contributed by atoms with van der Waals surface area (Å²) in [6.07, 6.45) is 1.74. The third-order valence-corrected chi connectivity index (χ3v) is 1.27. The highest BCUT2D eigenvalue weighted by Crippen LogP contribution is 1.98. The lowest BCUT2D eigenvalue weighted by atomic mass is 10.2. The molecule has 1 radical (unpaired) electrons. The molecule has 0 unspecified atom stereocenters. The van der Waals surface area contributed by atoms with Crippen LogP contribution in [0.4, 0.5) is 0 Å². The minimum Gasteiger partial charge on any atom is -0.373 e. The number of hydrogen-bond donors (Lipinski definition) is 0. The van der Waals surface area contributed by atoms with Crippen LogP contribution in [0.2, 0.25) is 0 Å². The van der Waals surface area contributed by atoms with Crippen molar-refractivity contribution in [1.82, 2.24) is 0 Å². The molecule has 57 valence electrons. The molecule has 0 fully saturated rings. The van der Waals surface area contributed by atoms with Crippen molar-refractivity contribution in [2.24, 2.45) is 0 Å². The van der Waals surface area contributed by atoms with Gasteiger partial charge >= 0.3 is 0 Å². The van der Waals surface area contributed by atoms with Gasteiger partial charge in [0.25, 0.3) is 0 Å². The third kappa shape index (κ3) is 3.01. The Balaban J connectivity index is 2.33. The van der Waals surface area contributed by atoms with Gasteiger partial charge in [-0.05, 0) is 11.6 Å². The Kier molecular flexibility index (Phi) is 3.42. The molecule has 1 aromatic rings. The second kappa shape index (κ2) is 4.69. The Labute approximate surface area is 67.3 Å². The van der Waals surface area contributed by atoms with E-state index in [1.807, 2.05) is 24.3 Å². The Hall–Kier alpha value is -1.08. The molecule has 0 saturated carbocycles. The second-order valence-electron chi connectivity index (χ2n) is 2.19. The van der Waals surface area contributed by atoms with E-state index in [1.165, 1.54) is 0 Å². The molecule has 0 heterocycles. The van der Waals surface area contributed by atoms with Crippen molar-refractivity contribution in [2.45, 2.75) is 6.61 Å². The summed E-state index contributed by atoms with van der Waals surface area (Å²) in [6, 6.07) is 10.9. The smallest absolute Gasteiger partial charge is 0.0727 e. The summed E-state index contributed by atoms with van der Waals surface area (Å²) in [5.74, 6) is 0. The van der Waals surface area contributed by atoms with E-state index in [0.717, 1.165) is 5.56 Å². The monoisotopic (exact) mass is 147 g/mol. The van der Waals surface area contributed by atoms with Crippen LogP contribution in [-0.2, 0) is 11.3 Å². The van der Waals surface area contributed by atoms with Crippen LogP contribution in [-0.4, -0.2) is 6.61 Å². The first-order valence-electron chi connectivity index (χ1n) is 3.57. The highest BCUT2D eigenvalue weighted by molar-refractivity contribution is 5.11. The summed E-state index contributed by atoms with van der Waals surface area (Å²) in [5.41, 5.74) is 1.08. The predicted molar refractivity (Wildman–Crippen MR) is 45.1 cm³/mol. The van der Waals surface area contributed by atoms with Crippen LogP contribution in [0.1, 0.15) is 5.56 Å². The van der Waals surface area contributed by atoms with Crippen molar-refractivity contribution >= 4 is 0 Å². The third-order valence-electron chi connectivity index (χ3n) is 1.27. The lowest BCUT2D eigenvalue weighted by molar-refractivity contribution is 0.149. The van der Waals surface area contributed by atoms with Crippen molar-refractivity contribution < 1.29 is 4.74 Å². The molecule has 1 nitrogen and oxygen atoms in total. The molecular weight excluding hydrogens is 136 g/mol. The van der Waals surface area contributed by atoms with Crippen LogP contribution in [0.15, 0.2) is 36.9 Å². The topological polar surface area (TPSA) is 9.23 Å². The maximum absolute atomic E-state index is 5.22. The summed E-state index contributed by atoms with van der Waals surface area (Å²) in [6.45, 7) is 4.77. The van der Waals surface area contributed by atoms with Gasteiger partial charge in [0.05, 0.1) is 13.2 Å². The van der Waals surface area contributed by atoms with Crippen molar-refractivity contribution in [3.05, 3.63) is 48.6 Å². The number of benzene rings is 1. The number of hydrogen-bond acceptors (Lipinski definition) is 1. The van der Waals surface area contributed by atoms with Crippen molar-refractivity contribution in [3.8, 4) is 0 Å². The van der Waals surface area contributed by atoms with Crippen LogP contribution >= 0.6 is 0 Å². The van der Waals surface area contributed by atoms with Crippen LogP contribution in [0.3, 0.4) is 0 Å². The average Bonchev–Trinajstić information content (AvgIpc) is 2.07. The van der Waals surface area contributed by atoms with Gasteiger partial charge in [-0.25, -0.2) is 0 Å². The fraction of sp³-hybridized carbons (Fsp3) is 0.200. The van der Waals surface area contributed by atoms with Crippen molar-refractivity contribution in [3.63, 3.8) is 0 Å². The van der Waals surface area contributed by atoms with Gasteiger partial charge in [0.1, 0.15) is 0 Å². The Morgan fingerprint density at radius 2 is 2.45 bits per heavy atom. The predicted octanol–water partition coefficient (Wildman–Crippen LogP) is 2.19. The SMILES string of the molecule is C=CCOCc1[c]cccc1. The van der Waals surface area contributed by atoms with E-state index in [4.69, 9.17) is 4.74 Å². The molecule has 0 aliphatic carbocycles. The van der Waals surface area contributed by atoms with Gasteiger partial charge < -0.3 is 4.74 Å². The maximum atomic E-state index is 5.22. The normalized spacial score (nSPS) is 9.45. The first-order chi connectivity index (χ1) is 5.43. The zero-order valence-corrected chi connectivity index (χ0v) is 6.42. The van der Waals surface area contributed by atoms with Crippen molar-refractivity contribution in [2.75, 3.05) is 6.61 Å². The van der Waals surface area contributed by atoms with E-state index in [-0.39, 0.29) is 0 Å². The summed E-state index contributed by atoms with van der Waals surface area (Å²) >= 11 is 0. The van der Waals surface area contributed by atoms with Gasteiger partial charge in [0, 0.05) is 0 Å². The van der Waals surface area contributed by atoms with Gasteiger partial charge in [-0.3, -0.25) is 0 Å². The molecule has 1 heteroatoms. The van der Waals surface area contributed by atoms with Gasteiger partial charge in [-0.15, -0.1) is 6.58 Å². The van der Waals surface area contributed by atoms with Gasteiger partial charge in [-0.1, -0.05) is 30.3 Å². The molecule has 0 atom stereocenters. The zero-order chi connectivity index (χ0) is 7.94. The highest BCUT2D eigenvalue weighted by atomic mass is 16.5. The standard InChI is InChI=1S/C10H11O/c1-2-8-11-9-10-6-4-3-5-7-10/h2-6H,1,8-9H2. The minimum absolute atomic E-state index is 0.600. The van der Waals surface area contributed by atoms with Gasteiger partial charge in [-0.2, -0.15) is 0 Å². The summed E-state index contributed by atoms with van der Waals surface area (Å²) < 4.78 is 5.22. The van der Waals surface area contributed by atoms with E-state index in [2.05, 4.69) is 12.6 Å². The fourth-order valence-corrected chi connectivity index (χ4v) is 0.773. The van der Waals surface area contributed by atoms with E-state index >= 15 is 0 Å². The number of rotatable bonds is 4. The molecule has 0 N–H and O–H groups in total. The Bertz CT molecular complexity index is 203. The molecule has 0 bridgehead atoms. The van der Waals surface area contributed by atoms with Crippen LogP contribution in [0.25, 0.3) is 0 Å². The van der Waals surface area contributed by atoms with E-state index in [0.29, 0.717) is 13.2 Å². The molecule has 1 aromatic carbocycles. The van der Waals surface area contributed by atoms with E-state index in [1.54, 1.807) is 6.08 Å². The maximum Gasteiger partial charge on any atom is 0.0727 e. The Morgan fingerprint density at radius 3 is 3.09 bits per heavy atom. The average molecular weight is 147 g/mol. The molecule has 1 rings (SSSR count). The Morgan fingerprint density at radius 1 is 1.55 bits per heavy atom. The number of ether oxygens (including phenoxy) is 1.